The number of furan rings is 1. The summed E-state index contributed by atoms with van der Waals surface area (Å²) in [6.07, 6.45) is 2.39. The lowest BCUT2D eigenvalue weighted by atomic mass is 10.1. The third kappa shape index (κ3) is 5.26. The maximum Gasteiger partial charge on any atom is 0.233 e. The number of thioether (sulfide) groups is 1. The van der Waals surface area contributed by atoms with E-state index < -0.39 is 0 Å². The Morgan fingerprint density at radius 2 is 1.95 bits per heavy atom. The monoisotopic (exact) mass is 317 g/mol. The molecule has 1 heterocycles. The van der Waals surface area contributed by atoms with Crippen LogP contribution in [-0.4, -0.2) is 17.7 Å². The Hall–Kier alpha value is -1.68. The zero-order valence-electron chi connectivity index (χ0n) is 13.1. The highest BCUT2D eigenvalue weighted by Gasteiger charge is 2.22. The maximum absolute atomic E-state index is 12.4. The minimum absolute atomic E-state index is 0.0307. The van der Waals surface area contributed by atoms with E-state index in [-0.39, 0.29) is 11.2 Å². The fourth-order valence-electron chi connectivity index (χ4n) is 2.20. The number of amides is 1. The fraction of sp³-hybridized carbons (Fsp3) is 0.389. The predicted octanol–water partition coefficient (Wildman–Crippen LogP) is 3.90. The number of hydrogen-bond acceptors (Lipinski definition) is 3. The third-order valence-corrected chi connectivity index (χ3v) is 5.00. The molecule has 1 amide bonds. The van der Waals surface area contributed by atoms with Crippen LogP contribution in [0.2, 0.25) is 0 Å². The zero-order chi connectivity index (χ0) is 15.8. The molecular weight excluding hydrogens is 294 g/mol. The van der Waals surface area contributed by atoms with Gasteiger partial charge in [0, 0.05) is 18.7 Å². The van der Waals surface area contributed by atoms with Crippen molar-refractivity contribution in [1.82, 2.24) is 5.32 Å². The average molecular weight is 317 g/mol. The van der Waals surface area contributed by atoms with E-state index in [1.165, 1.54) is 5.56 Å². The molecule has 1 unspecified atom stereocenters. The van der Waals surface area contributed by atoms with Crippen molar-refractivity contribution in [3.63, 3.8) is 0 Å². The number of benzene rings is 1. The lowest BCUT2D eigenvalue weighted by Crippen LogP contribution is -2.37. The summed E-state index contributed by atoms with van der Waals surface area (Å²) in [5, 5.41) is 2.99. The maximum atomic E-state index is 12.4. The van der Waals surface area contributed by atoms with E-state index in [1.807, 2.05) is 30.3 Å². The Balaban J connectivity index is 1.80. The standard InChI is InChI=1S/C18H23NO2S/c1-14(2)17(22-13-15-7-4-3-5-8-15)18(20)19-11-10-16-9-6-12-21-16/h3-9,12,14,17H,10-11,13H2,1-2H3,(H,19,20). The third-order valence-electron chi connectivity index (χ3n) is 3.39. The second-order valence-corrected chi connectivity index (χ2v) is 6.71. The molecule has 118 valence electrons. The Morgan fingerprint density at radius 1 is 1.18 bits per heavy atom. The van der Waals surface area contributed by atoms with E-state index in [9.17, 15) is 4.79 Å². The second kappa shape index (κ2) is 8.69. The lowest BCUT2D eigenvalue weighted by Gasteiger charge is -2.19. The van der Waals surface area contributed by atoms with Gasteiger partial charge in [0.1, 0.15) is 5.76 Å². The quantitative estimate of drug-likeness (QED) is 0.803. The van der Waals surface area contributed by atoms with E-state index in [0.29, 0.717) is 12.5 Å². The second-order valence-electron chi connectivity index (χ2n) is 5.58. The molecule has 1 aromatic carbocycles. The highest BCUT2D eigenvalue weighted by atomic mass is 32.2. The van der Waals surface area contributed by atoms with Crippen LogP contribution in [0.5, 0.6) is 0 Å². The molecule has 0 radical (unpaired) electrons. The summed E-state index contributed by atoms with van der Waals surface area (Å²) in [6, 6.07) is 14.1. The van der Waals surface area contributed by atoms with Gasteiger partial charge in [-0.25, -0.2) is 0 Å². The topological polar surface area (TPSA) is 42.2 Å². The molecule has 0 saturated carbocycles. The van der Waals surface area contributed by atoms with Crippen LogP contribution in [0.15, 0.2) is 53.1 Å². The molecule has 0 aliphatic heterocycles. The number of carbonyl (C=O) groups is 1. The van der Waals surface area contributed by atoms with Crippen LogP contribution in [0.25, 0.3) is 0 Å². The fourth-order valence-corrected chi connectivity index (χ4v) is 3.38. The minimum Gasteiger partial charge on any atom is -0.469 e. The van der Waals surface area contributed by atoms with Crippen molar-refractivity contribution in [2.24, 2.45) is 5.92 Å². The summed E-state index contributed by atoms with van der Waals surface area (Å²) >= 11 is 1.70. The van der Waals surface area contributed by atoms with E-state index in [2.05, 4.69) is 31.3 Å². The van der Waals surface area contributed by atoms with Gasteiger partial charge in [-0.05, 0) is 23.6 Å². The van der Waals surface area contributed by atoms with Crippen LogP contribution in [-0.2, 0) is 17.0 Å². The molecule has 3 nitrogen and oxygen atoms in total. The molecular formula is C18H23NO2S. The molecule has 22 heavy (non-hydrogen) atoms. The number of nitrogens with one attached hydrogen (secondary N) is 1. The highest BCUT2D eigenvalue weighted by molar-refractivity contribution is 7.99. The molecule has 0 saturated heterocycles. The van der Waals surface area contributed by atoms with E-state index in [0.717, 1.165) is 17.9 Å². The molecule has 2 aromatic rings. The van der Waals surface area contributed by atoms with Gasteiger partial charge in [-0.1, -0.05) is 44.2 Å². The molecule has 1 atom stereocenters. The summed E-state index contributed by atoms with van der Waals surface area (Å²) in [6.45, 7) is 4.80. The summed E-state index contributed by atoms with van der Waals surface area (Å²) in [4.78, 5) is 12.4. The SMILES string of the molecule is CC(C)C(SCc1ccccc1)C(=O)NCCc1ccco1. The summed E-state index contributed by atoms with van der Waals surface area (Å²) in [7, 11) is 0. The first-order chi connectivity index (χ1) is 10.7. The van der Waals surface area contributed by atoms with Crippen molar-refractivity contribution < 1.29 is 9.21 Å². The Morgan fingerprint density at radius 3 is 2.59 bits per heavy atom. The Bertz CT molecular complexity index is 552. The molecule has 1 aromatic heterocycles. The molecule has 0 spiro atoms. The molecule has 0 aliphatic carbocycles. The number of rotatable bonds is 8. The van der Waals surface area contributed by atoms with Gasteiger partial charge in [0.25, 0.3) is 0 Å². The first kappa shape index (κ1) is 16.7. The van der Waals surface area contributed by atoms with Crippen molar-refractivity contribution in [1.29, 1.82) is 0 Å². The normalized spacial score (nSPS) is 12.3. The molecule has 1 N–H and O–H groups in total. The zero-order valence-corrected chi connectivity index (χ0v) is 13.9. The predicted molar refractivity (Wildman–Crippen MR) is 91.8 cm³/mol. The Labute approximate surface area is 136 Å². The number of hydrogen-bond donors (Lipinski definition) is 1. The molecule has 0 aliphatic rings. The van der Waals surface area contributed by atoms with Gasteiger partial charge in [-0.15, -0.1) is 11.8 Å². The van der Waals surface area contributed by atoms with Crippen LogP contribution in [0.4, 0.5) is 0 Å². The van der Waals surface area contributed by atoms with Gasteiger partial charge in [-0.3, -0.25) is 4.79 Å². The number of carbonyl (C=O) groups excluding carboxylic acids is 1. The Kier molecular flexibility index (Phi) is 6.59. The van der Waals surface area contributed by atoms with Crippen molar-refractivity contribution in [2.75, 3.05) is 6.54 Å². The van der Waals surface area contributed by atoms with Crippen LogP contribution in [0.1, 0.15) is 25.2 Å². The van der Waals surface area contributed by atoms with E-state index in [4.69, 9.17) is 4.42 Å². The van der Waals surface area contributed by atoms with Gasteiger partial charge >= 0.3 is 0 Å². The molecule has 4 heteroatoms. The molecule has 2 rings (SSSR count). The van der Waals surface area contributed by atoms with Crippen molar-refractivity contribution in [3.05, 3.63) is 60.1 Å². The first-order valence-corrected chi connectivity index (χ1v) is 8.67. The van der Waals surface area contributed by atoms with Gasteiger partial charge in [0.2, 0.25) is 5.91 Å². The highest BCUT2D eigenvalue weighted by Crippen LogP contribution is 2.24. The van der Waals surface area contributed by atoms with Crippen LogP contribution < -0.4 is 5.32 Å². The van der Waals surface area contributed by atoms with Gasteiger partial charge in [-0.2, -0.15) is 0 Å². The molecule has 0 fully saturated rings. The lowest BCUT2D eigenvalue weighted by molar-refractivity contribution is -0.121. The van der Waals surface area contributed by atoms with Crippen molar-refractivity contribution >= 4 is 17.7 Å². The summed E-state index contributed by atoms with van der Waals surface area (Å²) in [5.74, 6) is 2.17. The average Bonchev–Trinajstić information content (AvgIpc) is 3.01. The minimum atomic E-state index is -0.0307. The smallest absolute Gasteiger partial charge is 0.233 e. The van der Waals surface area contributed by atoms with Crippen LogP contribution in [0, 0.1) is 5.92 Å². The van der Waals surface area contributed by atoms with Crippen LogP contribution in [0.3, 0.4) is 0 Å². The van der Waals surface area contributed by atoms with Crippen molar-refractivity contribution in [3.8, 4) is 0 Å². The van der Waals surface area contributed by atoms with Crippen LogP contribution >= 0.6 is 11.8 Å². The van der Waals surface area contributed by atoms with E-state index >= 15 is 0 Å². The molecule has 0 bridgehead atoms. The summed E-state index contributed by atoms with van der Waals surface area (Å²) in [5.41, 5.74) is 1.25. The van der Waals surface area contributed by atoms with Gasteiger partial charge in [0.15, 0.2) is 0 Å². The van der Waals surface area contributed by atoms with E-state index in [1.54, 1.807) is 18.0 Å². The first-order valence-electron chi connectivity index (χ1n) is 7.62. The summed E-state index contributed by atoms with van der Waals surface area (Å²) < 4.78 is 5.27. The van der Waals surface area contributed by atoms with Crippen molar-refractivity contribution in [2.45, 2.75) is 31.3 Å². The largest absolute Gasteiger partial charge is 0.469 e. The van der Waals surface area contributed by atoms with Gasteiger partial charge in [0.05, 0.1) is 11.5 Å². The van der Waals surface area contributed by atoms with Gasteiger partial charge < -0.3 is 9.73 Å².